The molecule has 1 atom stereocenters. The lowest BCUT2D eigenvalue weighted by Crippen LogP contribution is -2.50. The Labute approximate surface area is 234 Å². The van der Waals surface area contributed by atoms with Crippen LogP contribution >= 0.6 is 0 Å². The molecule has 1 aliphatic carbocycles. The van der Waals surface area contributed by atoms with Crippen LogP contribution in [-0.2, 0) is 30.8 Å². The topological polar surface area (TPSA) is 119 Å². The van der Waals surface area contributed by atoms with Crippen LogP contribution in [-0.4, -0.2) is 57.0 Å². The second kappa shape index (κ2) is 11.7. The van der Waals surface area contributed by atoms with Crippen molar-refractivity contribution >= 4 is 27.6 Å². The summed E-state index contributed by atoms with van der Waals surface area (Å²) in [5.41, 5.74) is -2.41. The normalized spacial score (nSPS) is 18.7. The Morgan fingerprint density at radius 3 is 2.46 bits per heavy atom. The van der Waals surface area contributed by atoms with Gasteiger partial charge in [-0.3, -0.25) is 13.9 Å². The molecule has 0 radical (unpaired) electrons. The molecule has 0 spiro atoms. The summed E-state index contributed by atoms with van der Waals surface area (Å²) in [6.07, 6.45) is -5.99. The fourth-order valence-corrected chi connectivity index (χ4v) is 6.56. The first kappa shape index (κ1) is 30.4. The Morgan fingerprint density at radius 2 is 1.83 bits per heavy atom. The highest BCUT2D eigenvalue weighted by Crippen LogP contribution is 2.45. The Bertz CT molecular complexity index is 1410. The van der Waals surface area contributed by atoms with E-state index in [2.05, 4.69) is 0 Å². The number of sulfonamides is 1. The first-order chi connectivity index (χ1) is 19.3. The zero-order chi connectivity index (χ0) is 30.0. The van der Waals surface area contributed by atoms with Gasteiger partial charge in [-0.1, -0.05) is 12.5 Å². The summed E-state index contributed by atoms with van der Waals surface area (Å²) in [7, 11) is -3.23. The summed E-state index contributed by atoms with van der Waals surface area (Å²) >= 11 is 0. The molecule has 1 fully saturated rings. The number of benzene rings is 2. The number of ether oxygens (including phenoxy) is 3. The van der Waals surface area contributed by atoms with Crippen molar-refractivity contribution in [1.29, 1.82) is 0 Å². The fourth-order valence-electron chi connectivity index (χ4n) is 5.04. The number of aliphatic carboxylic acids is 1. The van der Waals surface area contributed by atoms with Gasteiger partial charge in [-0.05, 0) is 61.9 Å². The molecule has 0 unspecified atom stereocenters. The molecule has 9 nitrogen and oxygen atoms in total. The van der Waals surface area contributed by atoms with Crippen molar-refractivity contribution in [3.63, 3.8) is 0 Å². The van der Waals surface area contributed by atoms with E-state index in [4.69, 9.17) is 19.3 Å². The van der Waals surface area contributed by atoms with Crippen LogP contribution in [0, 0.1) is 5.82 Å². The minimum absolute atomic E-state index is 0.0200. The van der Waals surface area contributed by atoms with Gasteiger partial charge in [0.05, 0.1) is 30.7 Å². The van der Waals surface area contributed by atoms with E-state index in [0.29, 0.717) is 6.42 Å². The van der Waals surface area contributed by atoms with E-state index in [-0.39, 0.29) is 72.7 Å². The number of carboxylic acid groups (broad SMARTS) is 1. The number of fused-ring (bicyclic) bond motifs is 1. The van der Waals surface area contributed by atoms with Crippen LogP contribution in [0.4, 0.5) is 23.2 Å². The number of esters is 1. The number of methoxy groups -OCH3 is 1. The lowest BCUT2D eigenvalue weighted by atomic mass is 9.84. The van der Waals surface area contributed by atoms with Crippen LogP contribution < -0.4 is 13.8 Å². The van der Waals surface area contributed by atoms with Crippen molar-refractivity contribution in [2.24, 2.45) is 0 Å². The van der Waals surface area contributed by atoms with E-state index >= 15 is 0 Å². The molecule has 14 heteroatoms. The fraction of sp³-hybridized carbons (Fsp3) is 0.481. The highest BCUT2D eigenvalue weighted by molar-refractivity contribution is 7.92. The molecule has 41 heavy (non-hydrogen) atoms. The third-order valence-electron chi connectivity index (χ3n) is 7.18. The van der Waals surface area contributed by atoms with Crippen molar-refractivity contribution in [2.75, 3.05) is 18.0 Å². The Balaban J connectivity index is 1.66. The van der Waals surface area contributed by atoms with Crippen molar-refractivity contribution in [3.05, 3.63) is 47.8 Å². The average molecular weight is 604 g/mol. The Kier molecular flexibility index (Phi) is 8.71. The molecule has 4 rings (SSSR count). The summed E-state index contributed by atoms with van der Waals surface area (Å²) in [5, 5.41) is 9.08. The number of alkyl halides is 3. The maximum atomic E-state index is 14.0. The van der Waals surface area contributed by atoms with Crippen LogP contribution in [0.15, 0.2) is 41.3 Å². The molecule has 2 aromatic carbocycles. The SMILES string of the molecule is COc1cc(S(=O)(=O)N2C[C@H](CCC(=O)O)Oc3ccc(CC(=O)OC4(C(F)(F)F)CCCCC4)cc32)ccc1F. The van der Waals surface area contributed by atoms with Gasteiger partial charge in [-0.2, -0.15) is 13.2 Å². The van der Waals surface area contributed by atoms with Gasteiger partial charge in [0, 0.05) is 12.5 Å². The van der Waals surface area contributed by atoms with Crippen LogP contribution in [0.3, 0.4) is 0 Å². The maximum Gasteiger partial charge on any atom is 0.428 e. The predicted molar refractivity (Wildman–Crippen MR) is 137 cm³/mol. The van der Waals surface area contributed by atoms with E-state index in [1.807, 2.05) is 0 Å². The molecule has 1 heterocycles. The van der Waals surface area contributed by atoms with Gasteiger partial charge < -0.3 is 19.3 Å². The Morgan fingerprint density at radius 1 is 1.12 bits per heavy atom. The van der Waals surface area contributed by atoms with Gasteiger partial charge >= 0.3 is 18.1 Å². The quantitative estimate of drug-likeness (QED) is 0.314. The molecule has 1 N–H and O–H groups in total. The third kappa shape index (κ3) is 6.52. The van der Waals surface area contributed by atoms with E-state index in [1.54, 1.807) is 0 Å². The van der Waals surface area contributed by atoms with Crippen LogP contribution in [0.2, 0.25) is 0 Å². The standard InChI is InChI=1S/C27H29F4NO8S/c1-38-23-15-19(7-8-20(23)28)41(36,37)32-16-18(6-10-24(33)34)39-22-9-5-17(13-21(22)32)14-25(35)40-26(27(29,30)31)11-3-2-4-12-26/h5,7-9,13,15,18H,2-4,6,10-12,14,16H2,1H3,(H,33,34)/t18-/m0/s1. The number of rotatable bonds is 9. The highest BCUT2D eigenvalue weighted by Gasteiger charge is 2.58. The van der Waals surface area contributed by atoms with E-state index in [1.165, 1.54) is 25.3 Å². The minimum Gasteiger partial charge on any atom is -0.494 e. The average Bonchev–Trinajstić information content (AvgIpc) is 2.91. The van der Waals surface area contributed by atoms with Gasteiger partial charge in [0.2, 0.25) is 5.60 Å². The number of halogens is 4. The molecule has 0 saturated heterocycles. The number of carboxylic acids is 1. The number of anilines is 1. The largest absolute Gasteiger partial charge is 0.494 e. The van der Waals surface area contributed by atoms with Crippen LogP contribution in [0.1, 0.15) is 50.5 Å². The molecule has 2 aliphatic rings. The first-order valence-corrected chi connectivity index (χ1v) is 14.4. The predicted octanol–water partition coefficient (Wildman–Crippen LogP) is 5.01. The summed E-state index contributed by atoms with van der Waals surface area (Å²) in [4.78, 5) is 23.5. The maximum absolute atomic E-state index is 14.0. The van der Waals surface area contributed by atoms with Gasteiger partial charge in [0.1, 0.15) is 11.9 Å². The summed E-state index contributed by atoms with van der Waals surface area (Å²) in [6.45, 7) is -0.312. The molecular weight excluding hydrogens is 574 g/mol. The van der Waals surface area contributed by atoms with Crippen LogP contribution in [0.25, 0.3) is 0 Å². The lowest BCUT2D eigenvalue weighted by molar-refractivity contribution is -0.278. The molecule has 1 aliphatic heterocycles. The molecule has 2 aromatic rings. The van der Waals surface area contributed by atoms with E-state index < -0.39 is 52.1 Å². The van der Waals surface area contributed by atoms with Gasteiger partial charge in [0.25, 0.3) is 10.0 Å². The van der Waals surface area contributed by atoms with Crippen LogP contribution in [0.5, 0.6) is 11.5 Å². The van der Waals surface area contributed by atoms with Gasteiger partial charge in [-0.25, -0.2) is 12.8 Å². The smallest absolute Gasteiger partial charge is 0.428 e. The van der Waals surface area contributed by atoms with Crippen molar-refractivity contribution in [2.45, 2.75) is 74.1 Å². The summed E-state index contributed by atoms with van der Waals surface area (Å²) in [6, 6.07) is 7.00. The second-order valence-corrected chi connectivity index (χ2v) is 11.9. The van der Waals surface area contributed by atoms with Crippen molar-refractivity contribution in [3.8, 4) is 11.5 Å². The number of hydrogen-bond donors (Lipinski definition) is 1. The zero-order valence-electron chi connectivity index (χ0n) is 22.1. The van der Waals surface area contributed by atoms with E-state index in [9.17, 15) is 35.6 Å². The first-order valence-electron chi connectivity index (χ1n) is 12.9. The molecule has 0 aromatic heterocycles. The number of hydrogen-bond acceptors (Lipinski definition) is 7. The molecular formula is C27H29F4NO8S. The molecule has 1 saturated carbocycles. The number of carbonyl (C=O) groups excluding carboxylic acids is 1. The zero-order valence-corrected chi connectivity index (χ0v) is 22.9. The monoisotopic (exact) mass is 603 g/mol. The highest BCUT2D eigenvalue weighted by atomic mass is 32.2. The van der Waals surface area contributed by atoms with Crippen molar-refractivity contribution in [1.82, 2.24) is 0 Å². The van der Waals surface area contributed by atoms with Gasteiger partial charge in [-0.15, -0.1) is 0 Å². The third-order valence-corrected chi connectivity index (χ3v) is 8.96. The van der Waals surface area contributed by atoms with E-state index in [0.717, 1.165) is 22.5 Å². The Hall–Kier alpha value is -3.55. The number of nitrogens with zero attached hydrogens (tertiary/aromatic N) is 1. The molecule has 224 valence electrons. The second-order valence-electron chi connectivity index (χ2n) is 10.0. The minimum atomic E-state index is -4.74. The molecule has 0 bridgehead atoms. The lowest BCUT2D eigenvalue weighted by Gasteiger charge is -2.38. The van der Waals surface area contributed by atoms with Gasteiger partial charge in [0.15, 0.2) is 11.6 Å². The number of carbonyl (C=O) groups is 2. The van der Waals surface area contributed by atoms with Crippen molar-refractivity contribution < 1.29 is 54.9 Å². The summed E-state index contributed by atoms with van der Waals surface area (Å²) < 4.78 is 99.7. The molecule has 0 amide bonds. The summed E-state index contributed by atoms with van der Waals surface area (Å²) in [5.74, 6) is -3.28.